The van der Waals surface area contributed by atoms with Gasteiger partial charge in [0.2, 0.25) is 0 Å². The van der Waals surface area contributed by atoms with E-state index in [2.05, 4.69) is 23.5 Å². The Bertz CT molecular complexity index is 818. The zero-order valence-electron chi connectivity index (χ0n) is 12.3. The third-order valence-corrected chi connectivity index (χ3v) is 5.13. The number of nitrogens with one attached hydrogen (secondary N) is 1. The Morgan fingerprint density at radius 1 is 1.13 bits per heavy atom. The third-order valence-electron chi connectivity index (χ3n) is 4.81. The molecule has 1 aliphatic carbocycles. The summed E-state index contributed by atoms with van der Waals surface area (Å²) in [4.78, 5) is 11.1. The molecular weight excluding hydrogens is 312 g/mol. The molecule has 1 N–H and O–H groups in total. The van der Waals surface area contributed by atoms with E-state index in [-0.39, 0.29) is 28.5 Å². The SMILES string of the molecule is O=[N+]([O-])c1ccccc1[C@H]1Nc2c(Cl)cccc2[C@H]2C=CC[C@@H]21. The normalized spacial score (nSPS) is 24.7. The molecule has 0 amide bonds. The molecule has 4 rings (SSSR count). The average Bonchev–Trinajstić information content (AvgIpc) is 3.04. The van der Waals surface area contributed by atoms with Crippen molar-refractivity contribution in [3.8, 4) is 0 Å². The molecule has 0 radical (unpaired) electrons. The quantitative estimate of drug-likeness (QED) is 0.476. The van der Waals surface area contributed by atoms with Crippen LogP contribution in [0.1, 0.15) is 29.5 Å². The van der Waals surface area contributed by atoms with Gasteiger partial charge in [-0.1, -0.05) is 54.1 Å². The van der Waals surface area contributed by atoms with Crippen LogP contribution in [-0.4, -0.2) is 4.92 Å². The van der Waals surface area contributed by atoms with Crippen LogP contribution in [0.3, 0.4) is 0 Å². The molecule has 0 saturated carbocycles. The second kappa shape index (κ2) is 5.39. The van der Waals surface area contributed by atoms with Crippen molar-refractivity contribution in [3.63, 3.8) is 0 Å². The number of fused-ring (bicyclic) bond motifs is 3. The van der Waals surface area contributed by atoms with E-state index >= 15 is 0 Å². The van der Waals surface area contributed by atoms with Crippen LogP contribution in [0.15, 0.2) is 54.6 Å². The highest BCUT2D eigenvalue weighted by Crippen LogP contribution is 2.52. The lowest BCUT2D eigenvalue weighted by Crippen LogP contribution is -2.29. The summed E-state index contributed by atoms with van der Waals surface area (Å²) in [6.45, 7) is 0. The van der Waals surface area contributed by atoms with Crippen molar-refractivity contribution in [1.29, 1.82) is 0 Å². The van der Waals surface area contributed by atoms with E-state index in [1.165, 1.54) is 5.56 Å². The number of hydrogen-bond acceptors (Lipinski definition) is 3. The summed E-state index contributed by atoms with van der Waals surface area (Å²) >= 11 is 6.37. The molecule has 2 aliphatic rings. The smallest absolute Gasteiger partial charge is 0.274 e. The van der Waals surface area contributed by atoms with E-state index in [1.54, 1.807) is 12.1 Å². The van der Waals surface area contributed by atoms with Gasteiger partial charge in [0.05, 0.1) is 27.2 Å². The fourth-order valence-corrected chi connectivity index (χ4v) is 4.04. The van der Waals surface area contributed by atoms with Crippen molar-refractivity contribution in [2.45, 2.75) is 18.4 Å². The fourth-order valence-electron chi connectivity index (χ4n) is 3.81. The average molecular weight is 327 g/mol. The predicted molar refractivity (Wildman–Crippen MR) is 90.9 cm³/mol. The molecule has 0 bridgehead atoms. The van der Waals surface area contributed by atoms with Gasteiger partial charge in [-0.05, 0) is 24.0 Å². The summed E-state index contributed by atoms with van der Waals surface area (Å²) in [5.41, 5.74) is 2.95. The summed E-state index contributed by atoms with van der Waals surface area (Å²) in [5.74, 6) is 0.511. The molecule has 23 heavy (non-hydrogen) atoms. The largest absolute Gasteiger partial charge is 0.376 e. The summed E-state index contributed by atoms with van der Waals surface area (Å²) in [7, 11) is 0. The van der Waals surface area contributed by atoms with Gasteiger partial charge in [0, 0.05) is 12.0 Å². The van der Waals surface area contributed by atoms with E-state index in [4.69, 9.17) is 11.6 Å². The number of anilines is 1. The number of rotatable bonds is 2. The first-order valence-electron chi connectivity index (χ1n) is 7.61. The van der Waals surface area contributed by atoms with Crippen LogP contribution in [-0.2, 0) is 0 Å². The molecule has 1 aliphatic heterocycles. The van der Waals surface area contributed by atoms with Gasteiger partial charge in [-0.3, -0.25) is 10.1 Å². The number of nitro benzene ring substituents is 1. The number of benzene rings is 2. The zero-order valence-corrected chi connectivity index (χ0v) is 13.0. The summed E-state index contributed by atoms with van der Waals surface area (Å²) < 4.78 is 0. The number of halogens is 1. The molecule has 0 aromatic heterocycles. The van der Waals surface area contributed by atoms with Gasteiger partial charge in [0.25, 0.3) is 5.69 Å². The first-order chi connectivity index (χ1) is 11.2. The molecule has 1 heterocycles. The van der Waals surface area contributed by atoms with Gasteiger partial charge in [0.15, 0.2) is 0 Å². The van der Waals surface area contributed by atoms with Gasteiger partial charge < -0.3 is 5.32 Å². The maximum Gasteiger partial charge on any atom is 0.274 e. The highest BCUT2D eigenvalue weighted by molar-refractivity contribution is 6.33. The Labute approximate surface area is 138 Å². The molecule has 116 valence electrons. The Kier molecular flexibility index (Phi) is 3.34. The number of para-hydroxylation sites is 2. The molecule has 0 saturated heterocycles. The minimum atomic E-state index is -0.309. The van der Waals surface area contributed by atoms with Crippen LogP contribution >= 0.6 is 11.6 Å². The van der Waals surface area contributed by atoms with Crippen molar-refractivity contribution < 1.29 is 4.92 Å². The monoisotopic (exact) mass is 326 g/mol. The number of nitro groups is 1. The molecular formula is C18H15ClN2O2. The molecule has 0 unspecified atom stereocenters. The van der Waals surface area contributed by atoms with Crippen LogP contribution in [0.5, 0.6) is 0 Å². The standard InChI is InChI=1S/C18H15ClN2O2/c19-15-9-4-8-13-11-6-3-7-12(11)17(20-18(13)15)14-5-1-2-10-16(14)21(22)23/h1-6,8-12,17,20H,7H2/t11-,12-,17-/m0/s1. The van der Waals surface area contributed by atoms with Gasteiger partial charge in [-0.2, -0.15) is 0 Å². The van der Waals surface area contributed by atoms with E-state index in [0.717, 1.165) is 17.7 Å². The van der Waals surface area contributed by atoms with Gasteiger partial charge in [-0.15, -0.1) is 0 Å². The lowest BCUT2D eigenvalue weighted by atomic mass is 9.76. The van der Waals surface area contributed by atoms with Crippen LogP contribution in [0.2, 0.25) is 5.02 Å². The molecule has 2 aromatic carbocycles. The molecule has 0 fully saturated rings. The second-order valence-corrected chi connectivity index (χ2v) is 6.40. The maximum atomic E-state index is 11.4. The Morgan fingerprint density at radius 2 is 1.91 bits per heavy atom. The molecule has 0 spiro atoms. The molecule has 2 aromatic rings. The first kappa shape index (κ1) is 14.3. The van der Waals surface area contributed by atoms with Gasteiger partial charge in [-0.25, -0.2) is 0 Å². The summed E-state index contributed by atoms with van der Waals surface area (Å²) in [5, 5.41) is 15.5. The third kappa shape index (κ3) is 2.21. The number of nitrogens with zero attached hydrogens (tertiary/aromatic N) is 1. The Morgan fingerprint density at radius 3 is 2.74 bits per heavy atom. The lowest BCUT2D eigenvalue weighted by Gasteiger charge is -2.37. The van der Waals surface area contributed by atoms with Gasteiger partial charge in [0.1, 0.15) is 0 Å². The van der Waals surface area contributed by atoms with Crippen LogP contribution in [0.25, 0.3) is 0 Å². The van der Waals surface area contributed by atoms with Crippen molar-refractivity contribution in [2.24, 2.45) is 5.92 Å². The molecule has 4 nitrogen and oxygen atoms in total. The summed E-state index contributed by atoms with van der Waals surface area (Å²) in [6, 6.07) is 12.7. The minimum Gasteiger partial charge on any atom is -0.376 e. The van der Waals surface area contributed by atoms with Crippen LogP contribution in [0, 0.1) is 16.0 Å². The highest BCUT2D eigenvalue weighted by Gasteiger charge is 2.40. The topological polar surface area (TPSA) is 55.2 Å². The Hall–Kier alpha value is -2.33. The fraction of sp³-hybridized carbons (Fsp3) is 0.222. The van der Waals surface area contributed by atoms with E-state index < -0.39 is 0 Å². The Balaban J connectivity index is 1.86. The van der Waals surface area contributed by atoms with E-state index in [0.29, 0.717) is 5.02 Å². The maximum absolute atomic E-state index is 11.4. The van der Waals surface area contributed by atoms with E-state index in [9.17, 15) is 10.1 Å². The van der Waals surface area contributed by atoms with Crippen molar-refractivity contribution >= 4 is 23.0 Å². The van der Waals surface area contributed by atoms with Crippen LogP contribution < -0.4 is 5.32 Å². The van der Waals surface area contributed by atoms with Gasteiger partial charge >= 0.3 is 0 Å². The number of allylic oxidation sites excluding steroid dienone is 2. The van der Waals surface area contributed by atoms with Crippen molar-refractivity contribution in [1.82, 2.24) is 0 Å². The zero-order chi connectivity index (χ0) is 16.0. The summed E-state index contributed by atoms with van der Waals surface area (Å²) in [6.07, 6.45) is 5.26. The van der Waals surface area contributed by atoms with Crippen LogP contribution in [0.4, 0.5) is 11.4 Å². The number of hydrogen-bond donors (Lipinski definition) is 1. The minimum absolute atomic E-state index is 0.121. The van der Waals surface area contributed by atoms with Crippen molar-refractivity contribution in [2.75, 3.05) is 5.32 Å². The molecule has 5 heteroatoms. The second-order valence-electron chi connectivity index (χ2n) is 6.00. The highest BCUT2D eigenvalue weighted by atomic mass is 35.5. The van der Waals surface area contributed by atoms with E-state index in [1.807, 2.05) is 24.3 Å². The predicted octanol–water partition coefficient (Wildman–Crippen LogP) is 5.07. The first-order valence-corrected chi connectivity index (χ1v) is 7.99. The van der Waals surface area contributed by atoms with Crippen molar-refractivity contribution in [3.05, 3.63) is 80.9 Å². The molecule has 3 atom stereocenters. The lowest BCUT2D eigenvalue weighted by molar-refractivity contribution is -0.385.